The number of carbonyl (C=O) groups is 2. The third kappa shape index (κ3) is 4.78. The zero-order valence-corrected chi connectivity index (χ0v) is 10.3. The molecule has 0 aliphatic heterocycles. The highest BCUT2D eigenvalue weighted by Gasteiger charge is 2.10. The van der Waals surface area contributed by atoms with Gasteiger partial charge in [-0.2, -0.15) is 0 Å². The van der Waals surface area contributed by atoms with Crippen LogP contribution in [-0.2, 0) is 14.3 Å². The average molecular weight is 235 g/mol. The monoisotopic (exact) mass is 235 g/mol. The van der Waals surface area contributed by atoms with E-state index in [-0.39, 0.29) is 18.3 Å². The summed E-state index contributed by atoms with van der Waals surface area (Å²) < 4.78 is 5.11. The van der Waals surface area contributed by atoms with Gasteiger partial charge in [0, 0.05) is 5.69 Å². The van der Waals surface area contributed by atoms with Crippen LogP contribution in [0.3, 0.4) is 0 Å². The zero-order chi connectivity index (χ0) is 12.8. The number of amides is 1. The Kier molecular flexibility index (Phi) is 4.84. The Bertz CT molecular complexity index is 415. The molecule has 1 atom stereocenters. The summed E-state index contributed by atoms with van der Waals surface area (Å²) in [6.45, 7) is 4.89. The minimum atomic E-state index is -0.543. The van der Waals surface area contributed by atoms with E-state index < -0.39 is 6.10 Å². The van der Waals surface area contributed by atoms with E-state index in [1.165, 1.54) is 6.92 Å². The van der Waals surface area contributed by atoms with E-state index in [0.717, 1.165) is 11.3 Å². The standard InChI is InChI=1S/C13H17NO3/c1-9-5-4-6-12(7-9)14-13(16)8-17-11(3)10(2)15/h4-7,11H,8H2,1-3H3,(H,14,16). The molecule has 0 aliphatic rings. The fourth-order valence-corrected chi connectivity index (χ4v) is 1.24. The van der Waals surface area contributed by atoms with Crippen molar-refractivity contribution in [3.8, 4) is 0 Å². The number of nitrogens with one attached hydrogen (secondary N) is 1. The lowest BCUT2D eigenvalue weighted by Gasteiger charge is -2.10. The Balaban J connectivity index is 2.42. The Morgan fingerprint density at radius 2 is 2.12 bits per heavy atom. The number of ketones is 1. The second-order valence-electron chi connectivity index (χ2n) is 3.98. The van der Waals surface area contributed by atoms with Crippen molar-refractivity contribution in [2.45, 2.75) is 26.9 Å². The molecule has 0 radical (unpaired) electrons. The first-order valence-corrected chi connectivity index (χ1v) is 5.47. The van der Waals surface area contributed by atoms with Crippen LogP contribution in [0, 0.1) is 6.92 Å². The number of hydrogen-bond donors (Lipinski definition) is 1. The number of aryl methyl sites for hydroxylation is 1. The van der Waals surface area contributed by atoms with Crippen molar-refractivity contribution in [1.82, 2.24) is 0 Å². The van der Waals surface area contributed by atoms with Crippen LogP contribution in [0.25, 0.3) is 0 Å². The predicted octanol–water partition coefficient (Wildman–Crippen LogP) is 1.93. The molecule has 0 fully saturated rings. The third-order valence-corrected chi connectivity index (χ3v) is 2.34. The highest BCUT2D eigenvalue weighted by atomic mass is 16.5. The SMILES string of the molecule is CC(=O)C(C)OCC(=O)Nc1cccc(C)c1. The van der Waals surface area contributed by atoms with Gasteiger partial charge in [-0.25, -0.2) is 0 Å². The van der Waals surface area contributed by atoms with E-state index in [2.05, 4.69) is 5.32 Å². The normalized spacial score (nSPS) is 11.9. The maximum atomic E-state index is 11.5. The van der Waals surface area contributed by atoms with E-state index in [1.54, 1.807) is 13.0 Å². The van der Waals surface area contributed by atoms with Gasteiger partial charge in [-0.1, -0.05) is 12.1 Å². The molecular formula is C13H17NO3. The zero-order valence-electron chi connectivity index (χ0n) is 10.3. The van der Waals surface area contributed by atoms with Crippen LogP contribution in [0.1, 0.15) is 19.4 Å². The van der Waals surface area contributed by atoms with Gasteiger partial charge in [-0.3, -0.25) is 9.59 Å². The second kappa shape index (κ2) is 6.15. The molecule has 1 unspecified atom stereocenters. The second-order valence-corrected chi connectivity index (χ2v) is 3.98. The summed E-state index contributed by atoms with van der Waals surface area (Å²) in [7, 11) is 0. The van der Waals surface area contributed by atoms with Crippen molar-refractivity contribution < 1.29 is 14.3 Å². The largest absolute Gasteiger partial charge is 0.361 e. The maximum absolute atomic E-state index is 11.5. The fraction of sp³-hybridized carbons (Fsp3) is 0.385. The van der Waals surface area contributed by atoms with Crippen molar-refractivity contribution in [2.24, 2.45) is 0 Å². The highest BCUT2D eigenvalue weighted by Crippen LogP contribution is 2.09. The van der Waals surface area contributed by atoms with Crippen LogP contribution < -0.4 is 5.32 Å². The molecular weight excluding hydrogens is 218 g/mol. The van der Waals surface area contributed by atoms with Gasteiger partial charge in [0.1, 0.15) is 12.7 Å². The lowest BCUT2D eigenvalue weighted by molar-refractivity contribution is -0.131. The van der Waals surface area contributed by atoms with Crippen molar-refractivity contribution in [2.75, 3.05) is 11.9 Å². The van der Waals surface area contributed by atoms with Gasteiger partial charge in [0.15, 0.2) is 5.78 Å². The van der Waals surface area contributed by atoms with Gasteiger partial charge in [0.05, 0.1) is 0 Å². The molecule has 1 N–H and O–H groups in total. The summed E-state index contributed by atoms with van der Waals surface area (Å²) >= 11 is 0. The molecule has 1 aromatic rings. The molecule has 0 aliphatic carbocycles. The fourth-order valence-electron chi connectivity index (χ4n) is 1.24. The van der Waals surface area contributed by atoms with Crippen molar-refractivity contribution in [1.29, 1.82) is 0 Å². The number of ether oxygens (including phenoxy) is 1. The number of anilines is 1. The first-order chi connectivity index (χ1) is 7.99. The molecule has 0 aromatic heterocycles. The quantitative estimate of drug-likeness (QED) is 0.848. The predicted molar refractivity (Wildman–Crippen MR) is 65.9 cm³/mol. The number of Topliss-reactive ketones (excluding diaryl/α,β-unsaturated/α-hetero) is 1. The van der Waals surface area contributed by atoms with E-state index in [1.807, 2.05) is 25.1 Å². The number of benzene rings is 1. The van der Waals surface area contributed by atoms with Gasteiger partial charge < -0.3 is 10.1 Å². The molecule has 17 heavy (non-hydrogen) atoms. The summed E-state index contributed by atoms with van der Waals surface area (Å²) in [5.41, 5.74) is 1.80. The first-order valence-electron chi connectivity index (χ1n) is 5.47. The van der Waals surface area contributed by atoms with Crippen molar-refractivity contribution >= 4 is 17.4 Å². The number of rotatable bonds is 5. The molecule has 1 amide bonds. The van der Waals surface area contributed by atoms with Gasteiger partial charge in [0.25, 0.3) is 0 Å². The van der Waals surface area contributed by atoms with Crippen LogP contribution in [0.4, 0.5) is 5.69 Å². The van der Waals surface area contributed by atoms with Crippen LogP contribution in [0.5, 0.6) is 0 Å². The molecule has 4 heteroatoms. The van der Waals surface area contributed by atoms with Crippen LogP contribution in [-0.4, -0.2) is 24.4 Å². The first kappa shape index (κ1) is 13.4. The van der Waals surface area contributed by atoms with Crippen LogP contribution in [0.2, 0.25) is 0 Å². The summed E-state index contributed by atoms with van der Waals surface area (Å²) in [6.07, 6.45) is -0.543. The summed E-state index contributed by atoms with van der Waals surface area (Å²) in [6, 6.07) is 7.49. The topological polar surface area (TPSA) is 55.4 Å². The van der Waals surface area contributed by atoms with E-state index in [0.29, 0.717) is 0 Å². The molecule has 92 valence electrons. The molecule has 4 nitrogen and oxygen atoms in total. The van der Waals surface area contributed by atoms with Crippen LogP contribution in [0.15, 0.2) is 24.3 Å². The van der Waals surface area contributed by atoms with Gasteiger partial charge in [-0.15, -0.1) is 0 Å². The molecule has 0 saturated heterocycles. The number of hydrogen-bond acceptors (Lipinski definition) is 3. The summed E-state index contributed by atoms with van der Waals surface area (Å²) in [4.78, 5) is 22.4. The van der Waals surface area contributed by atoms with E-state index in [9.17, 15) is 9.59 Å². The average Bonchev–Trinajstić information content (AvgIpc) is 2.25. The molecule has 0 heterocycles. The van der Waals surface area contributed by atoms with E-state index >= 15 is 0 Å². The summed E-state index contributed by atoms with van der Waals surface area (Å²) in [5, 5.41) is 2.70. The maximum Gasteiger partial charge on any atom is 0.250 e. The Morgan fingerprint density at radius 1 is 1.41 bits per heavy atom. The third-order valence-electron chi connectivity index (χ3n) is 2.34. The Hall–Kier alpha value is -1.68. The minimum Gasteiger partial charge on any atom is -0.361 e. The lowest BCUT2D eigenvalue weighted by atomic mass is 10.2. The smallest absolute Gasteiger partial charge is 0.250 e. The van der Waals surface area contributed by atoms with Gasteiger partial charge in [0.2, 0.25) is 5.91 Å². The molecule has 0 bridgehead atoms. The molecule has 0 spiro atoms. The van der Waals surface area contributed by atoms with Gasteiger partial charge in [-0.05, 0) is 38.5 Å². The highest BCUT2D eigenvalue weighted by molar-refractivity contribution is 5.92. The lowest BCUT2D eigenvalue weighted by Crippen LogP contribution is -2.25. The minimum absolute atomic E-state index is 0.0895. The van der Waals surface area contributed by atoms with Crippen molar-refractivity contribution in [3.63, 3.8) is 0 Å². The van der Waals surface area contributed by atoms with Crippen molar-refractivity contribution in [3.05, 3.63) is 29.8 Å². The molecule has 1 aromatic carbocycles. The number of carbonyl (C=O) groups excluding carboxylic acids is 2. The van der Waals surface area contributed by atoms with Gasteiger partial charge >= 0.3 is 0 Å². The van der Waals surface area contributed by atoms with E-state index in [4.69, 9.17) is 4.74 Å². The van der Waals surface area contributed by atoms with Crippen LogP contribution >= 0.6 is 0 Å². The summed E-state index contributed by atoms with van der Waals surface area (Å²) in [5.74, 6) is -0.350. The Morgan fingerprint density at radius 3 is 2.71 bits per heavy atom. The molecule has 1 rings (SSSR count). The molecule has 0 saturated carbocycles. The Labute approximate surface area is 101 Å².